The first-order valence-corrected chi connectivity index (χ1v) is 7.72. The summed E-state index contributed by atoms with van der Waals surface area (Å²) < 4.78 is 0. The molecule has 4 nitrogen and oxygen atoms in total. The molecule has 0 heterocycles. The zero-order valence-corrected chi connectivity index (χ0v) is 13.1. The Kier molecular flexibility index (Phi) is 6.88. The Labute approximate surface area is 128 Å². The summed E-state index contributed by atoms with van der Waals surface area (Å²) in [6, 6.07) is 7.49. The van der Waals surface area contributed by atoms with E-state index in [1.54, 1.807) is 14.0 Å². The van der Waals surface area contributed by atoms with Crippen molar-refractivity contribution >= 4 is 35.2 Å². The second-order valence-electron chi connectivity index (χ2n) is 4.63. The number of nitrogens with zero attached hydrogens (tertiary/aromatic N) is 1. The lowest BCUT2D eigenvalue weighted by atomic mass is 10.2. The van der Waals surface area contributed by atoms with Crippen LogP contribution in [0.5, 0.6) is 0 Å². The van der Waals surface area contributed by atoms with Crippen molar-refractivity contribution in [1.29, 1.82) is 0 Å². The van der Waals surface area contributed by atoms with E-state index < -0.39 is 11.9 Å². The Balaban J connectivity index is 2.32. The van der Waals surface area contributed by atoms with Gasteiger partial charge in [-0.3, -0.25) is 9.59 Å². The fourth-order valence-corrected chi connectivity index (χ4v) is 2.59. The van der Waals surface area contributed by atoms with E-state index in [1.807, 2.05) is 24.3 Å². The van der Waals surface area contributed by atoms with Gasteiger partial charge in [-0.05, 0) is 17.7 Å². The van der Waals surface area contributed by atoms with E-state index in [1.165, 1.54) is 16.7 Å². The third kappa shape index (κ3) is 5.84. The summed E-state index contributed by atoms with van der Waals surface area (Å²) >= 11 is 7.30. The molecule has 0 aliphatic rings. The Hall–Kier alpha value is -1.20. The summed E-state index contributed by atoms with van der Waals surface area (Å²) in [6.45, 7) is 1.82. The van der Waals surface area contributed by atoms with Crippen molar-refractivity contribution in [1.82, 2.24) is 4.90 Å². The number of carboxylic acids is 1. The molecule has 0 saturated carbocycles. The second-order valence-corrected chi connectivity index (χ2v) is 6.05. The third-order valence-corrected chi connectivity index (χ3v) is 4.04. The van der Waals surface area contributed by atoms with Gasteiger partial charge in [-0.25, -0.2) is 0 Å². The summed E-state index contributed by atoms with van der Waals surface area (Å²) in [5, 5.41) is 9.50. The number of hydrogen-bond acceptors (Lipinski definition) is 3. The van der Waals surface area contributed by atoms with Crippen LogP contribution in [0.4, 0.5) is 0 Å². The van der Waals surface area contributed by atoms with Crippen LogP contribution in [0.1, 0.15) is 12.5 Å². The van der Waals surface area contributed by atoms with Crippen LogP contribution in [-0.4, -0.2) is 41.2 Å². The average Bonchev–Trinajstić information content (AvgIpc) is 2.40. The Bertz CT molecular complexity index is 464. The molecule has 6 heteroatoms. The quantitative estimate of drug-likeness (QED) is 0.840. The van der Waals surface area contributed by atoms with Crippen LogP contribution in [0.15, 0.2) is 24.3 Å². The number of amides is 1. The molecule has 0 aliphatic carbocycles. The van der Waals surface area contributed by atoms with Crippen LogP contribution in [0.25, 0.3) is 0 Å². The van der Waals surface area contributed by atoms with Gasteiger partial charge in [-0.1, -0.05) is 30.7 Å². The van der Waals surface area contributed by atoms with Crippen molar-refractivity contribution in [2.45, 2.75) is 12.7 Å². The second kappa shape index (κ2) is 8.17. The van der Waals surface area contributed by atoms with Crippen molar-refractivity contribution in [2.24, 2.45) is 5.92 Å². The molecule has 1 aromatic carbocycles. The van der Waals surface area contributed by atoms with Gasteiger partial charge in [0.1, 0.15) is 0 Å². The molecule has 1 amide bonds. The molecule has 1 atom stereocenters. The van der Waals surface area contributed by atoms with E-state index in [0.717, 1.165) is 11.3 Å². The molecular formula is C14H18ClNO3S. The Morgan fingerprint density at radius 2 is 1.95 bits per heavy atom. The molecule has 0 spiro atoms. The number of benzene rings is 1. The number of halogens is 1. The van der Waals surface area contributed by atoms with Gasteiger partial charge in [0, 0.05) is 24.4 Å². The predicted molar refractivity (Wildman–Crippen MR) is 82.1 cm³/mol. The smallest absolute Gasteiger partial charge is 0.308 e. The number of thioether (sulfide) groups is 1. The third-order valence-electron chi connectivity index (χ3n) is 2.80. The van der Waals surface area contributed by atoms with E-state index in [9.17, 15) is 9.59 Å². The molecule has 1 aromatic rings. The van der Waals surface area contributed by atoms with Crippen molar-refractivity contribution in [3.63, 3.8) is 0 Å². The molecule has 1 N–H and O–H groups in total. The number of hydrogen-bond donors (Lipinski definition) is 1. The first-order chi connectivity index (χ1) is 9.40. The lowest BCUT2D eigenvalue weighted by Crippen LogP contribution is -2.34. The van der Waals surface area contributed by atoms with Crippen LogP contribution < -0.4 is 0 Å². The molecule has 0 fully saturated rings. The van der Waals surface area contributed by atoms with Crippen LogP contribution >= 0.6 is 23.4 Å². The fraction of sp³-hybridized carbons (Fsp3) is 0.429. The van der Waals surface area contributed by atoms with Gasteiger partial charge in [0.25, 0.3) is 0 Å². The summed E-state index contributed by atoms with van der Waals surface area (Å²) in [7, 11) is 1.63. The average molecular weight is 316 g/mol. The fourth-order valence-electron chi connectivity index (χ4n) is 1.54. The highest BCUT2D eigenvalue weighted by atomic mass is 35.5. The minimum Gasteiger partial charge on any atom is -0.481 e. The van der Waals surface area contributed by atoms with E-state index in [0.29, 0.717) is 10.8 Å². The Morgan fingerprint density at radius 3 is 2.50 bits per heavy atom. The lowest BCUT2D eigenvalue weighted by Gasteiger charge is -2.19. The van der Waals surface area contributed by atoms with Gasteiger partial charge in [-0.15, -0.1) is 11.8 Å². The first kappa shape index (κ1) is 16.9. The standard InChI is InChI=1S/C14H18ClNO3S/c1-10(14(18)19)7-16(2)13(17)9-20-8-11-3-5-12(15)6-4-11/h3-6,10H,7-9H2,1-2H3,(H,18,19). The van der Waals surface area contributed by atoms with Crippen molar-refractivity contribution in [3.8, 4) is 0 Å². The number of carbonyl (C=O) groups excluding carboxylic acids is 1. The number of carboxylic acid groups (broad SMARTS) is 1. The van der Waals surface area contributed by atoms with Crippen LogP contribution in [0, 0.1) is 5.92 Å². The molecule has 20 heavy (non-hydrogen) atoms. The zero-order valence-electron chi connectivity index (χ0n) is 11.5. The predicted octanol–water partition coefficient (Wildman–Crippen LogP) is 2.75. The summed E-state index contributed by atoms with van der Waals surface area (Å²) in [6.07, 6.45) is 0. The van der Waals surface area contributed by atoms with Gasteiger partial charge in [0.2, 0.25) is 5.91 Å². The van der Waals surface area contributed by atoms with E-state index in [4.69, 9.17) is 16.7 Å². The molecule has 0 aliphatic heterocycles. The van der Waals surface area contributed by atoms with Gasteiger partial charge in [0.15, 0.2) is 0 Å². The summed E-state index contributed by atoms with van der Waals surface area (Å²) in [4.78, 5) is 24.0. The van der Waals surface area contributed by atoms with Crippen molar-refractivity contribution in [3.05, 3.63) is 34.9 Å². The van der Waals surface area contributed by atoms with Crippen LogP contribution in [0.3, 0.4) is 0 Å². The first-order valence-electron chi connectivity index (χ1n) is 6.19. The highest BCUT2D eigenvalue weighted by Crippen LogP contribution is 2.15. The number of aliphatic carboxylic acids is 1. The molecular weight excluding hydrogens is 298 g/mol. The van der Waals surface area contributed by atoms with Gasteiger partial charge < -0.3 is 10.0 Å². The molecule has 0 saturated heterocycles. The molecule has 0 aromatic heterocycles. The monoisotopic (exact) mass is 315 g/mol. The molecule has 0 radical (unpaired) electrons. The molecule has 1 rings (SSSR count). The zero-order chi connectivity index (χ0) is 15.1. The van der Waals surface area contributed by atoms with Crippen molar-refractivity contribution in [2.75, 3.05) is 19.3 Å². The van der Waals surface area contributed by atoms with E-state index in [2.05, 4.69) is 0 Å². The summed E-state index contributed by atoms with van der Waals surface area (Å²) in [5.74, 6) is -0.433. The molecule has 1 unspecified atom stereocenters. The van der Waals surface area contributed by atoms with E-state index >= 15 is 0 Å². The minimum absolute atomic E-state index is 0.0583. The normalized spacial score (nSPS) is 11.9. The molecule has 110 valence electrons. The lowest BCUT2D eigenvalue weighted by molar-refractivity contribution is -0.142. The van der Waals surface area contributed by atoms with Crippen LogP contribution in [0.2, 0.25) is 5.02 Å². The maximum atomic E-state index is 11.8. The van der Waals surface area contributed by atoms with Gasteiger partial charge >= 0.3 is 5.97 Å². The minimum atomic E-state index is -0.890. The Morgan fingerprint density at radius 1 is 1.35 bits per heavy atom. The maximum Gasteiger partial charge on any atom is 0.308 e. The van der Waals surface area contributed by atoms with Crippen LogP contribution in [-0.2, 0) is 15.3 Å². The SMILES string of the molecule is CC(CN(C)C(=O)CSCc1ccc(Cl)cc1)C(=O)O. The highest BCUT2D eigenvalue weighted by molar-refractivity contribution is 7.99. The maximum absolute atomic E-state index is 11.8. The topological polar surface area (TPSA) is 57.6 Å². The number of rotatable bonds is 7. The molecule has 0 bridgehead atoms. The highest BCUT2D eigenvalue weighted by Gasteiger charge is 2.17. The van der Waals surface area contributed by atoms with Gasteiger partial charge in [0.05, 0.1) is 11.7 Å². The largest absolute Gasteiger partial charge is 0.481 e. The van der Waals surface area contributed by atoms with Gasteiger partial charge in [-0.2, -0.15) is 0 Å². The number of carbonyl (C=O) groups is 2. The van der Waals surface area contributed by atoms with E-state index in [-0.39, 0.29) is 12.5 Å². The van der Waals surface area contributed by atoms with Crippen molar-refractivity contribution < 1.29 is 14.7 Å². The summed E-state index contributed by atoms with van der Waals surface area (Å²) in [5.41, 5.74) is 1.11.